The van der Waals surface area contributed by atoms with Crippen molar-refractivity contribution in [3.63, 3.8) is 0 Å². The Morgan fingerprint density at radius 2 is 2.29 bits per heavy atom. The lowest BCUT2D eigenvalue weighted by molar-refractivity contribution is 0.548. The van der Waals surface area contributed by atoms with Crippen LogP contribution in [0.25, 0.3) is 0 Å². The molecule has 1 N–H and O–H groups in total. The van der Waals surface area contributed by atoms with Crippen LogP contribution in [-0.4, -0.2) is 28.6 Å². The second-order valence-electron chi connectivity index (χ2n) is 4.33. The van der Waals surface area contributed by atoms with Gasteiger partial charge >= 0.3 is 0 Å². The lowest BCUT2D eigenvalue weighted by atomic mass is 10.2. The Morgan fingerprint density at radius 3 is 2.88 bits per heavy atom. The van der Waals surface area contributed by atoms with Crippen LogP contribution in [0.2, 0.25) is 0 Å². The van der Waals surface area contributed by atoms with Crippen molar-refractivity contribution in [2.75, 3.05) is 12.3 Å². The lowest BCUT2D eigenvalue weighted by Gasteiger charge is -2.19. The molecule has 0 bridgehead atoms. The van der Waals surface area contributed by atoms with Crippen molar-refractivity contribution in [3.8, 4) is 0 Å². The Bertz CT molecular complexity index is 275. The zero-order chi connectivity index (χ0) is 12.5. The maximum atomic E-state index is 4.38. The van der Waals surface area contributed by atoms with Crippen LogP contribution in [0.15, 0.2) is 11.6 Å². The topological polar surface area (TPSA) is 24.9 Å². The Hall–Kier alpha value is -0.0600. The van der Waals surface area contributed by atoms with Crippen molar-refractivity contribution < 1.29 is 0 Å². The molecule has 4 heteroatoms. The van der Waals surface area contributed by atoms with E-state index in [4.69, 9.17) is 0 Å². The smallest absolute Gasteiger partial charge is 0.0940 e. The summed E-state index contributed by atoms with van der Waals surface area (Å²) in [5.41, 5.74) is 0. The fourth-order valence-electron chi connectivity index (χ4n) is 1.50. The minimum atomic E-state index is 0.570. The van der Waals surface area contributed by atoms with E-state index in [0.29, 0.717) is 6.04 Å². The molecule has 1 aromatic heterocycles. The number of nitrogens with one attached hydrogen (secondary N) is 1. The van der Waals surface area contributed by atoms with Gasteiger partial charge in [-0.2, -0.15) is 11.8 Å². The number of thiazole rings is 1. The maximum Gasteiger partial charge on any atom is 0.0940 e. The van der Waals surface area contributed by atoms with Crippen LogP contribution in [-0.2, 0) is 6.42 Å². The van der Waals surface area contributed by atoms with Crippen LogP contribution < -0.4 is 5.32 Å². The maximum absolute atomic E-state index is 4.38. The molecule has 0 amide bonds. The Balaban J connectivity index is 2.37. The van der Waals surface area contributed by atoms with Gasteiger partial charge in [-0.1, -0.05) is 20.8 Å². The van der Waals surface area contributed by atoms with E-state index in [1.807, 2.05) is 6.20 Å². The van der Waals surface area contributed by atoms with Gasteiger partial charge in [-0.05, 0) is 19.4 Å². The molecular weight excluding hydrogens is 248 g/mol. The second kappa shape index (κ2) is 8.95. The van der Waals surface area contributed by atoms with Gasteiger partial charge in [-0.3, -0.25) is 0 Å². The third-order valence-electron chi connectivity index (χ3n) is 2.74. The summed E-state index contributed by atoms with van der Waals surface area (Å²) in [6.45, 7) is 7.89. The molecule has 1 rings (SSSR count). The molecule has 17 heavy (non-hydrogen) atoms. The third-order valence-corrected chi connectivity index (χ3v) is 5.04. The van der Waals surface area contributed by atoms with E-state index >= 15 is 0 Å². The van der Waals surface area contributed by atoms with E-state index in [1.54, 1.807) is 11.3 Å². The van der Waals surface area contributed by atoms with E-state index in [-0.39, 0.29) is 0 Å². The number of hydrogen-bond donors (Lipinski definition) is 1. The summed E-state index contributed by atoms with van der Waals surface area (Å²) >= 11 is 3.84. The van der Waals surface area contributed by atoms with Gasteiger partial charge in [-0.15, -0.1) is 11.3 Å². The van der Waals surface area contributed by atoms with Gasteiger partial charge in [0.15, 0.2) is 0 Å². The van der Waals surface area contributed by atoms with Gasteiger partial charge in [0, 0.05) is 35.0 Å². The van der Waals surface area contributed by atoms with E-state index in [1.165, 1.54) is 23.6 Å². The van der Waals surface area contributed by atoms with E-state index in [2.05, 4.69) is 48.2 Å². The molecular formula is C13H24N2S2. The Kier molecular flexibility index (Phi) is 7.90. The zero-order valence-electron chi connectivity index (χ0n) is 11.1. The van der Waals surface area contributed by atoms with E-state index in [0.717, 1.165) is 18.2 Å². The molecule has 1 aromatic rings. The van der Waals surface area contributed by atoms with Crippen LogP contribution in [0.5, 0.6) is 0 Å². The SMILES string of the molecule is CCCNC(CSC(C)CC)Cc1nccs1. The number of hydrogen-bond acceptors (Lipinski definition) is 4. The first-order valence-corrected chi connectivity index (χ1v) is 8.42. The summed E-state index contributed by atoms with van der Waals surface area (Å²) in [6.07, 6.45) is 5.42. The number of aromatic nitrogens is 1. The van der Waals surface area contributed by atoms with Gasteiger partial charge in [0.2, 0.25) is 0 Å². The van der Waals surface area contributed by atoms with Crippen LogP contribution >= 0.6 is 23.1 Å². The summed E-state index contributed by atoms with van der Waals surface area (Å²) in [7, 11) is 0. The highest BCUT2D eigenvalue weighted by molar-refractivity contribution is 7.99. The predicted octanol–water partition coefficient (Wildman–Crippen LogP) is 3.59. The Labute approximate surface area is 114 Å². The van der Waals surface area contributed by atoms with Crippen molar-refractivity contribution in [3.05, 3.63) is 16.6 Å². The average molecular weight is 272 g/mol. The molecule has 1 heterocycles. The molecule has 0 fully saturated rings. The lowest BCUT2D eigenvalue weighted by Crippen LogP contribution is -2.34. The number of nitrogens with zero attached hydrogens (tertiary/aromatic N) is 1. The molecule has 0 aromatic carbocycles. The minimum Gasteiger partial charge on any atom is -0.313 e. The molecule has 0 aliphatic carbocycles. The first-order valence-electron chi connectivity index (χ1n) is 6.49. The molecule has 0 radical (unpaired) electrons. The van der Waals surface area contributed by atoms with Gasteiger partial charge in [0.25, 0.3) is 0 Å². The molecule has 0 aliphatic heterocycles. The van der Waals surface area contributed by atoms with Crippen molar-refractivity contribution in [2.45, 2.75) is 51.3 Å². The summed E-state index contributed by atoms with van der Waals surface area (Å²) in [6, 6.07) is 0.570. The molecule has 0 aliphatic rings. The number of thioether (sulfide) groups is 1. The highest BCUT2D eigenvalue weighted by Gasteiger charge is 2.12. The molecule has 2 atom stereocenters. The molecule has 2 unspecified atom stereocenters. The van der Waals surface area contributed by atoms with Crippen LogP contribution in [0.3, 0.4) is 0 Å². The zero-order valence-corrected chi connectivity index (χ0v) is 12.7. The van der Waals surface area contributed by atoms with E-state index in [9.17, 15) is 0 Å². The largest absolute Gasteiger partial charge is 0.313 e. The van der Waals surface area contributed by atoms with Gasteiger partial charge < -0.3 is 5.32 Å². The van der Waals surface area contributed by atoms with Gasteiger partial charge in [0.1, 0.15) is 0 Å². The fraction of sp³-hybridized carbons (Fsp3) is 0.769. The van der Waals surface area contributed by atoms with Crippen molar-refractivity contribution in [1.29, 1.82) is 0 Å². The van der Waals surface area contributed by atoms with Gasteiger partial charge in [0.05, 0.1) is 5.01 Å². The van der Waals surface area contributed by atoms with E-state index < -0.39 is 0 Å². The van der Waals surface area contributed by atoms with Crippen LogP contribution in [0, 0.1) is 0 Å². The predicted molar refractivity (Wildman–Crippen MR) is 80.1 cm³/mol. The molecule has 0 saturated carbocycles. The molecule has 98 valence electrons. The summed E-state index contributed by atoms with van der Waals surface area (Å²) < 4.78 is 0. The monoisotopic (exact) mass is 272 g/mol. The molecule has 2 nitrogen and oxygen atoms in total. The normalized spacial score (nSPS) is 14.8. The molecule has 0 spiro atoms. The fourth-order valence-corrected chi connectivity index (χ4v) is 3.23. The first kappa shape index (κ1) is 15.0. The van der Waals surface area contributed by atoms with Crippen molar-refractivity contribution >= 4 is 23.1 Å². The van der Waals surface area contributed by atoms with Crippen LogP contribution in [0.4, 0.5) is 0 Å². The molecule has 0 saturated heterocycles. The third kappa shape index (κ3) is 6.43. The minimum absolute atomic E-state index is 0.570. The average Bonchev–Trinajstić information content (AvgIpc) is 2.84. The van der Waals surface area contributed by atoms with Crippen LogP contribution in [0.1, 0.15) is 38.6 Å². The summed E-state index contributed by atoms with van der Waals surface area (Å²) in [4.78, 5) is 4.38. The summed E-state index contributed by atoms with van der Waals surface area (Å²) in [5, 5.41) is 7.71. The second-order valence-corrected chi connectivity index (χ2v) is 6.78. The standard InChI is InChI=1S/C13H24N2S2/c1-4-6-14-12(10-17-11(3)5-2)9-13-15-7-8-16-13/h7-8,11-12,14H,4-6,9-10H2,1-3H3. The van der Waals surface area contributed by atoms with Crippen molar-refractivity contribution in [1.82, 2.24) is 10.3 Å². The number of rotatable bonds is 9. The highest BCUT2D eigenvalue weighted by Crippen LogP contribution is 2.17. The van der Waals surface area contributed by atoms with Gasteiger partial charge in [-0.25, -0.2) is 4.98 Å². The van der Waals surface area contributed by atoms with Crippen molar-refractivity contribution in [2.24, 2.45) is 0 Å². The quantitative estimate of drug-likeness (QED) is 0.743. The summed E-state index contributed by atoms with van der Waals surface area (Å²) in [5.74, 6) is 1.19. The highest BCUT2D eigenvalue weighted by atomic mass is 32.2. The Morgan fingerprint density at radius 1 is 1.47 bits per heavy atom. The first-order chi connectivity index (χ1) is 8.26.